The van der Waals surface area contributed by atoms with Crippen LogP contribution in [0.3, 0.4) is 0 Å². The number of benzene rings is 2. The fourth-order valence-corrected chi connectivity index (χ4v) is 2.66. The van der Waals surface area contributed by atoms with E-state index in [1.165, 1.54) is 6.08 Å². The Kier molecular flexibility index (Phi) is 6.15. The van der Waals surface area contributed by atoms with Gasteiger partial charge < -0.3 is 14.5 Å². The molecule has 28 heavy (non-hydrogen) atoms. The van der Waals surface area contributed by atoms with Gasteiger partial charge in [0, 0.05) is 16.7 Å². The molecule has 0 aliphatic rings. The van der Waals surface area contributed by atoms with Gasteiger partial charge in [-0.1, -0.05) is 23.7 Å². The van der Waals surface area contributed by atoms with Crippen LogP contribution in [0.15, 0.2) is 70.7 Å². The van der Waals surface area contributed by atoms with Gasteiger partial charge in [0.05, 0.1) is 12.3 Å². The first-order valence-electron chi connectivity index (χ1n) is 8.61. The van der Waals surface area contributed by atoms with Gasteiger partial charge in [0.1, 0.15) is 28.9 Å². The topological polar surface area (TPSA) is 75.3 Å². The van der Waals surface area contributed by atoms with E-state index >= 15 is 0 Å². The van der Waals surface area contributed by atoms with Crippen molar-refractivity contribution in [3.05, 3.63) is 77.0 Å². The predicted molar refractivity (Wildman–Crippen MR) is 109 cm³/mol. The summed E-state index contributed by atoms with van der Waals surface area (Å²) >= 11 is 5.89. The van der Waals surface area contributed by atoms with Crippen molar-refractivity contribution < 1.29 is 13.9 Å². The molecule has 0 aliphatic heterocycles. The third-order valence-electron chi connectivity index (χ3n) is 3.84. The Morgan fingerprint density at radius 2 is 1.93 bits per heavy atom. The Balaban J connectivity index is 1.80. The molecule has 0 spiro atoms. The van der Waals surface area contributed by atoms with Crippen molar-refractivity contribution in [3.63, 3.8) is 0 Å². The second-order valence-electron chi connectivity index (χ2n) is 5.76. The molecule has 1 heterocycles. The van der Waals surface area contributed by atoms with Crippen LogP contribution in [-0.4, -0.2) is 12.5 Å². The van der Waals surface area contributed by atoms with E-state index in [-0.39, 0.29) is 5.57 Å². The van der Waals surface area contributed by atoms with Crippen LogP contribution in [0.1, 0.15) is 12.7 Å². The minimum Gasteiger partial charge on any atom is -0.492 e. The fraction of sp³-hybridized carbons (Fsp3) is 0.0909. The largest absolute Gasteiger partial charge is 0.492 e. The molecule has 0 saturated heterocycles. The number of furan rings is 1. The van der Waals surface area contributed by atoms with Gasteiger partial charge >= 0.3 is 0 Å². The second kappa shape index (κ2) is 8.94. The summed E-state index contributed by atoms with van der Waals surface area (Å²) in [5.74, 6) is 1.01. The summed E-state index contributed by atoms with van der Waals surface area (Å²) in [4.78, 5) is 12.5. The van der Waals surface area contributed by atoms with Gasteiger partial charge in [-0.25, -0.2) is 0 Å². The van der Waals surface area contributed by atoms with Crippen molar-refractivity contribution in [2.24, 2.45) is 0 Å². The highest BCUT2D eigenvalue weighted by Crippen LogP contribution is 2.26. The summed E-state index contributed by atoms with van der Waals surface area (Å²) in [5.41, 5.74) is 1.26. The third kappa shape index (κ3) is 4.61. The average Bonchev–Trinajstić information content (AvgIpc) is 3.17. The molecule has 140 valence electrons. The Morgan fingerprint density at radius 1 is 1.18 bits per heavy atom. The lowest BCUT2D eigenvalue weighted by atomic mass is 10.2. The molecule has 1 amide bonds. The number of nitriles is 1. The molecule has 3 rings (SSSR count). The first-order chi connectivity index (χ1) is 13.6. The number of hydrogen-bond donors (Lipinski definition) is 1. The van der Waals surface area contributed by atoms with Gasteiger partial charge in [-0.15, -0.1) is 0 Å². The molecule has 0 radical (unpaired) electrons. The van der Waals surface area contributed by atoms with Crippen molar-refractivity contribution in [2.45, 2.75) is 6.92 Å². The molecule has 5 nitrogen and oxygen atoms in total. The van der Waals surface area contributed by atoms with E-state index in [9.17, 15) is 10.1 Å². The van der Waals surface area contributed by atoms with E-state index < -0.39 is 5.91 Å². The SMILES string of the molecule is CCOc1ccccc1NC(=O)/C(C#N)=C\c1ccc(-c2ccc(Cl)cc2)o1. The molecule has 0 atom stereocenters. The number of rotatable bonds is 6. The maximum atomic E-state index is 12.5. The molecule has 2 aromatic carbocycles. The first-order valence-corrected chi connectivity index (χ1v) is 8.99. The standard InChI is InChI=1S/C22H17ClN2O3/c1-2-27-21-6-4-3-5-19(21)25-22(26)16(14-24)13-18-11-12-20(28-18)15-7-9-17(23)10-8-15/h3-13H,2H2,1H3,(H,25,26)/b16-13-. The van der Waals surface area contributed by atoms with Crippen molar-refractivity contribution >= 4 is 29.3 Å². The number of carbonyl (C=O) groups excluding carboxylic acids is 1. The number of nitrogens with zero attached hydrogens (tertiary/aromatic N) is 1. The number of ether oxygens (including phenoxy) is 1. The van der Waals surface area contributed by atoms with Crippen LogP contribution in [0, 0.1) is 11.3 Å². The average molecular weight is 393 g/mol. The van der Waals surface area contributed by atoms with Gasteiger partial charge in [-0.05, 0) is 55.5 Å². The molecular weight excluding hydrogens is 376 g/mol. The Labute approximate surface area is 167 Å². The van der Waals surface area contributed by atoms with E-state index in [2.05, 4.69) is 5.32 Å². The Bertz CT molecular complexity index is 1050. The highest BCUT2D eigenvalue weighted by atomic mass is 35.5. The normalized spacial score (nSPS) is 11.0. The van der Waals surface area contributed by atoms with Crippen LogP contribution < -0.4 is 10.1 Å². The predicted octanol–water partition coefficient (Wildman–Crippen LogP) is 5.54. The zero-order chi connectivity index (χ0) is 19.9. The molecule has 0 unspecified atom stereocenters. The quantitative estimate of drug-likeness (QED) is 0.441. The molecule has 0 aliphatic carbocycles. The molecule has 6 heteroatoms. The highest BCUT2D eigenvalue weighted by molar-refractivity contribution is 6.30. The smallest absolute Gasteiger partial charge is 0.266 e. The lowest BCUT2D eigenvalue weighted by molar-refractivity contribution is -0.112. The van der Waals surface area contributed by atoms with Crippen LogP contribution >= 0.6 is 11.6 Å². The number of nitrogens with one attached hydrogen (secondary N) is 1. The van der Waals surface area contributed by atoms with E-state index in [1.54, 1.807) is 42.5 Å². The minimum absolute atomic E-state index is 0.0803. The lowest BCUT2D eigenvalue weighted by Gasteiger charge is -2.10. The number of para-hydroxylation sites is 2. The van der Waals surface area contributed by atoms with Crippen molar-refractivity contribution in [1.82, 2.24) is 0 Å². The number of carbonyl (C=O) groups is 1. The molecule has 1 N–H and O–H groups in total. The van der Waals surface area contributed by atoms with E-state index in [0.717, 1.165) is 5.56 Å². The van der Waals surface area contributed by atoms with Gasteiger partial charge in [-0.2, -0.15) is 5.26 Å². The summed E-state index contributed by atoms with van der Waals surface area (Å²) in [6.45, 7) is 2.32. The Morgan fingerprint density at radius 3 is 2.64 bits per heavy atom. The number of amides is 1. The number of halogens is 1. The first kappa shape index (κ1) is 19.3. The summed E-state index contributed by atoms with van der Waals surface area (Å²) in [5, 5.41) is 12.7. The maximum Gasteiger partial charge on any atom is 0.266 e. The molecule has 3 aromatic rings. The fourth-order valence-electron chi connectivity index (χ4n) is 2.53. The van der Waals surface area contributed by atoms with E-state index in [1.807, 2.05) is 31.2 Å². The molecule has 0 fully saturated rings. The lowest BCUT2D eigenvalue weighted by Crippen LogP contribution is -2.14. The van der Waals surface area contributed by atoms with Crippen LogP contribution in [0.4, 0.5) is 5.69 Å². The van der Waals surface area contributed by atoms with Gasteiger partial charge in [-0.3, -0.25) is 4.79 Å². The molecular formula is C22H17ClN2O3. The Hall–Kier alpha value is -3.49. The van der Waals surface area contributed by atoms with Gasteiger partial charge in [0.2, 0.25) is 0 Å². The van der Waals surface area contributed by atoms with Crippen LogP contribution in [0.5, 0.6) is 5.75 Å². The summed E-state index contributed by atoms with van der Waals surface area (Å²) in [6, 6.07) is 19.6. The van der Waals surface area contributed by atoms with Gasteiger partial charge in [0.25, 0.3) is 5.91 Å². The maximum absolute atomic E-state index is 12.5. The second-order valence-corrected chi connectivity index (χ2v) is 6.20. The zero-order valence-electron chi connectivity index (χ0n) is 15.1. The summed E-state index contributed by atoms with van der Waals surface area (Å²) in [7, 11) is 0. The zero-order valence-corrected chi connectivity index (χ0v) is 15.9. The highest BCUT2D eigenvalue weighted by Gasteiger charge is 2.13. The van der Waals surface area contributed by atoms with Gasteiger partial charge in [0.15, 0.2) is 0 Å². The number of anilines is 1. The molecule has 0 bridgehead atoms. The summed E-state index contributed by atoms with van der Waals surface area (Å²) < 4.78 is 11.2. The van der Waals surface area contributed by atoms with E-state index in [4.69, 9.17) is 20.8 Å². The van der Waals surface area contributed by atoms with E-state index in [0.29, 0.717) is 34.6 Å². The third-order valence-corrected chi connectivity index (χ3v) is 4.09. The van der Waals surface area contributed by atoms with Crippen LogP contribution in [0.25, 0.3) is 17.4 Å². The summed E-state index contributed by atoms with van der Waals surface area (Å²) in [6.07, 6.45) is 1.40. The van der Waals surface area contributed by atoms with Crippen molar-refractivity contribution in [1.29, 1.82) is 5.26 Å². The van der Waals surface area contributed by atoms with Crippen LogP contribution in [-0.2, 0) is 4.79 Å². The van der Waals surface area contributed by atoms with Crippen molar-refractivity contribution in [2.75, 3.05) is 11.9 Å². The van der Waals surface area contributed by atoms with Crippen LogP contribution in [0.2, 0.25) is 5.02 Å². The minimum atomic E-state index is -0.543. The monoisotopic (exact) mass is 392 g/mol. The number of hydrogen-bond acceptors (Lipinski definition) is 4. The van der Waals surface area contributed by atoms with Crippen molar-refractivity contribution in [3.8, 4) is 23.1 Å². The molecule has 1 aromatic heterocycles. The molecule has 0 saturated carbocycles.